The van der Waals surface area contributed by atoms with Gasteiger partial charge in [-0.05, 0) is 12.8 Å². The fourth-order valence-corrected chi connectivity index (χ4v) is 2.12. The van der Waals surface area contributed by atoms with Crippen molar-refractivity contribution in [2.45, 2.75) is 44.5 Å². The van der Waals surface area contributed by atoms with Crippen molar-refractivity contribution in [3.05, 3.63) is 24.8 Å². The lowest BCUT2D eigenvalue weighted by Gasteiger charge is -2.30. The van der Waals surface area contributed by atoms with Gasteiger partial charge in [0.2, 0.25) is 0 Å². The van der Waals surface area contributed by atoms with Gasteiger partial charge in [-0.25, -0.2) is 0 Å². The highest BCUT2D eigenvalue weighted by Gasteiger charge is 2.24. The topological polar surface area (TPSA) is 38.7 Å². The second-order valence-corrected chi connectivity index (χ2v) is 4.65. The molecule has 0 aliphatic carbocycles. The molecule has 0 bridgehead atoms. The molecule has 1 aliphatic rings. The average molecular weight is 240 g/mol. The van der Waals surface area contributed by atoms with Crippen molar-refractivity contribution in [1.82, 2.24) is 0 Å². The van der Waals surface area contributed by atoms with Crippen LogP contribution in [0, 0.1) is 5.92 Å². The van der Waals surface area contributed by atoms with Gasteiger partial charge in [0.1, 0.15) is 0 Å². The molecular weight excluding hydrogens is 216 g/mol. The molecule has 0 saturated heterocycles. The van der Waals surface area contributed by atoms with E-state index in [0.717, 1.165) is 19.3 Å². The summed E-state index contributed by atoms with van der Waals surface area (Å²) in [7, 11) is 1.69. The van der Waals surface area contributed by atoms with Crippen molar-refractivity contribution >= 4 is 0 Å². The van der Waals surface area contributed by atoms with E-state index in [9.17, 15) is 0 Å². The molecule has 1 aliphatic heterocycles. The Labute approximate surface area is 104 Å². The Morgan fingerprint density at radius 3 is 3.00 bits per heavy atom. The molecule has 0 radical (unpaired) electrons. The molecule has 0 saturated carbocycles. The summed E-state index contributed by atoms with van der Waals surface area (Å²) >= 11 is 0. The molecular formula is C14H24O3. The number of rotatable bonds is 7. The molecule has 0 amide bonds. The quantitative estimate of drug-likeness (QED) is 0.694. The largest absolute Gasteiger partial charge is 0.396 e. The standard InChI is InChI=1S/C14H24O3/c1-4-6-12-7-5-8-13(17-12)9-14(16-3)11(2)10-15/h4-5,7,11-15H,1,6,8-10H2,2-3H3/t11-,12+,13-,14-/m0/s1. The number of ether oxygens (including phenoxy) is 2. The molecule has 4 atom stereocenters. The molecule has 0 spiro atoms. The van der Waals surface area contributed by atoms with E-state index in [4.69, 9.17) is 14.6 Å². The lowest BCUT2D eigenvalue weighted by Crippen LogP contribution is -2.32. The highest BCUT2D eigenvalue weighted by atomic mass is 16.5. The maximum absolute atomic E-state index is 9.15. The SMILES string of the molecule is C=CC[C@@H]1C=CC[C@@H](C[C@H](OC)[C@@H](C)CO)O1. The first-order chi connectivity index (χ1) is 8.21. The van der Waals surface area contributed by atoms with E-state index >= 15 is 0 Å². The molecule has 1 rings (SSSR count). The second-order valence-electron chi connectivity index (χ2n) is 4.65. The summed E-state index contributed by atoms with van der Waals surface area (Å²) in [6.07, 6.45) is 9.12. The summed E-state index contributed by atoms with van der Waals surface area (Å²) < 4.78 is 11.4. The van der Waals surface area contributed by atoms with Crippen molar-refractivity contribution in [1.29, 1.82) is 0 Å². The molecule has 3 heteroatoms. The zero-order valence-corrected chi connectivity index (χ0v) is 10.8. The Balaban J connectivity index is 2.45. The normalized spacial score (nSPS) is 27.7. The Kier molecular flexibility index (Phi) is 6.48. The molecule has 98 valence electrons. The highest BCUT2D eigenvalue weighted by Crippen LogP contribution is 2.22. The summed E-state index contributed by atoms with van der Waals surface area (Å²) in [5.41, 5.74) is 0. The Bertz CT molecular complexity index is 250. The number of aliphatic hydroxyl groups excluding tert-OH is 1. The van der Waals surface area contributed by atoms with Crippen LogP contribution in [0.2, 0.25) is 0 Å². The van der Waals surface area contributed by atoms with Gasteiger partial charge in [0.15, 0.2) is 0 Å². The van der Waals surface area contributed by atoms with Gasteiger partial charge in [-0.2, -0.15) is 0 Å². The van der Waals surface area contributed by atoms with Gasteiger partial charge in [-0.1, -0.05) is 25.2 Å². The number of hydrogen-bond acceptors (Lipinski definition) is 3. The van der Waals surface area contributed by atoms with Crippen LogP contribution in [0.5, 0.6) is 0 Å². The molecule has 3 nitrogen and oxygen atoms in total. The van der Waals surface area contributed by atoms with Crippen molar-refractivity contribution in [2.24, 2.45) is 5.92 Å². The molecule has 0 unspecified atom stereocenters. The highest BCUT2D eigenvalue weighted by molar-refractivity contribution is 4.99. The fourth-order valence-electron chi connectivity index (χ4n) is 2.12. The third-order valence-corrected chi connectivity index (χ3v) is 3.24. The Hall–Kier alpha value is -0.640. The van der Waals surface area contributed by atoms with Crippen LogP contribution in [0.25, 0.3) is 0 Å². The molecule has 1 heterocycles. The van der Waals surface area contributed by atoms with Gasteiger partial charge in [-0.3, -0.25) is 0 Å². The smallest absolute Gasteiger partial charge is 0.0794 e. The minimum atomic E-state index is 0.0564. The monoisotopic (exact) mass is 240 g/mol. The number of hydrogen-bond donors (Lipinski definition) is 1. The Morgan fingerprint density at radius 2 is 2.41 bits per heavy atom. The predicted molar refractivity (Wildman–Crippen MR) is 68.9 cm³/mol. The second kappa shape index (κ2) is 7.64. The molecule has 1 N–H and O–H groups in total. The zero-order chi connectivity index (χ0) is 12.7. The maximum atomic E-state index is 9.15. The van der Waals surface area contributed by atoms with Crippen LogP contribution in [0.4, 0.5) is 0 Å². The number of aliphatic hydroxyl groups is 1. The minimum absolute atomic E-state index is 0.0564. The van der Waals surface area contributed by atoms with Crippen LogP contribution in [0.1, 0.15) is 26.2 Å². The molecule has 0 fully saturated rings. The van der Waals surface area contributed by atoms with Crippen LogP contribution >= 0.6 is 0 Å². The summed E-state index contributed by atoms with van der Waals surface area (Å²) in [5.74, 6) is 0.146. The van der Waals surface area contributed by atoms with Crippen LogP contribution < -0.4 is 0 Å². The van der Waals surface area contributed by atoms with Crippen molar-refractivity contribution in [2.75, 3.05) is 13.7 Å². The van der Waals surface area contributed by atoms with Crippen molar-refractivity contribution < 1.29 is 14.6 Å². The molecule has 0 aromatic carbocycles. The fraction of sp³-hybridized carbons (Fsp3) is 0.714. The van der Waals surface area contributed by atoms with Gasteiger partial charge < -0.3 is 14.6 Å². The van der Waals surface area contributed by atoms with Gasteiger partial charge in [0.25, 0.3) is 0 Å². The first-order valence-electron chi connectivity index (χ1n) is 6.27. The predicted octanol–water partition coefficient (Wildman–Crippen LogP) is 2.31. The summed E-state index contributed by atoms with van der Waals surface area (Å²) in [5, 5.41) is 9.15. The van der Waals surface area contributed by atoms with E-state index in [2.05, 4.69) is 18.7 Å². The Morgan fingerprint density at radius 1 is 1.65 bits per heavy atom. The van der Waals surface area contributed by atoms with Crippen LogP contribution in [-0.2, 0) is 9.47 Å². The molecule has 17 heavy (non-hydrogen) atoms. The van der Waals surface area contributed by atoms with Gasteiger partial charge in [0.05, 0.1) is 18.3 Å². The first kappa shape index (κ1) is 14.4. The first-order valence-corrected chi connectivity index (χ1v) is 6.27. The molecule has 0 aromatic heterocycles. The minimum Gasteiger partial charge on any atom is -0.396 e. The zero-order valence-electron chi connectivity index (χ0n) is 10.8. The van der Waals surface area contributed by atoms with Gasteiger partial charge in [-0.15, -0.1) is 6.58 Å². The van der Waals surface area contributed by atoms with Gasteiger partial charge >= 0.3 is 0 Å². The van der Waals surface area contributed by atoms with Crippen LogP contribution in [-0.4, -0.2) is 37.1 Å². The lowest BCUT2D eigenvalue weighted by molar-refractivity contribution is -0.0481. The number of methoxy groups -OCH3 is 1. The average Bonchev–Trinajstić information content (AvgIpc) is 2.36. The summed E-state index contributed by atoms with van der Waals surface area (Å²) in [4.78, 5) is 0. The third-order valence-electron chi connectivity index (χ3n) is 3.24. The molecule has 0 aromatic rings. The lowest BCUT2D eigenvalue weighted by atomic mass is 9.96. The van der Waals surface area contributed by atoms with Gasteiger partial charge in [0, 0.05) is 26.1 Å². The van der Waals surface area contributed by atoms with Crippen molar-refractivity contribution in [3.8, 4) is 0 Å². The van der Waals surface area contributed by atoms with E-state index in [1.54, 1.807) is 7.11 Å². The van der Waals surface area contributed by atoms with Crippen LogP contribution in [0.15, 0.2) is 24.8 Å². The maximum Gasteiger partial charge on any atom is 0.0794 e. The van der Waals surface area contributed by atoms with E-state index in [1.807, 2.05) is 13.0 Å². The van der Waals surface area contributed by atoms with E-state index in [1.165, 1.54) is 0 Å². The summed E-state index contributed by atoms with van der Waals surface area (Å²) in [6.45, 7) is 5.87. The van der Waals surface area contributed by atoms with E-state index in [0.29, 0.717) is 0 Å². The van der Waals surface area contributed by atoms with Crippen molar-refractivity contribution in [3.63, 3.8) is 0 Å². The third kappa shape index (κ3) is 4.62. The van der Waals surface area contributed by atoms with E-state index in [-0.39, 0.29) is 30.8 Å². The van der Waals surface area contributed by atoms with Crippen LogP contribution in [0.3, 0.4) is 0 Å². The summed E-state index contributed by atoms with van der Waals surface area (Å²) in [6, 6.07) is 0. The van der Waals surface area contributed by atoms with E-state index < -0.39 is 0 Å².